The Bertz CT molecular complexity index is 371. The number of nitrogens with one attached hydrogen (secondary N) is 2. The van der Waals surface area contributed by atoms with Crippen molar-refractivity contribution >= 4 is 23.0 Å². The topological polar surface area (TPSA) is 24.1 Å². The van der Waals surface area contributed by atoms with E-state index in [1.807, 2.05) is 0 Å². The van der Waals surface area contributed by atoms with Gasteiger partial charge in [-0.1, -0.05) is 18.2 Å². The molecule has 2 N–H and O–H groups in total. The first-order valence-corrected chi connectivity index (χ1v) is 5.86. The minimum atomic E-state index is -0.0132. The van der Waals surface area contributed by atoms with E-state index in [-0.39, 0.29) is 5.54 Å². The van der Waals surface area contributed by atoms with E-state index in [0.29, 0.717) is 5.11 Å². The average Bonchev–Trinajstić information content (AvgIpc) is 2.08. The number of para-hydroxylation sites is 1. The molecule has 0 amide bonds. The van der Waals surface area contributed by atoms with E-state index in [9.17, 15) is 0 Å². The normalized spacial score (nSPS) is 11.1. The lowest BCUT2D eigenvalue weighted by atomic mass is 10.1. The van der Waals surface area contributed by atoms with Crippen LogP contribution in [0, 0.1) is 13.8 Å². The van der Waals surface area contributed by atoms with Crippen molar-refractivity contribution in [2.45, 2.75) is 40.2 Å². The highest BCUT2D eigenvalue weighted by Gasteiger charge is 2.12. The van der Waals surface area contributed by atoms with E-state index in [4.69, 9.17) is 12.2 Å². The third-order valence-electron chi connectivity index (χ3n) is 2.21. The van der Waals surface area contributed by atoms with Gasteiger partial charge in [0.25, 0.3) is 0 Å². The molecule has 0 saturated heterocycles. The van der Waals surface area contributed by atoms with Crippen LogP contribution in [0.5, 0.6) is 0 Å². The molecule has 3 heteroatoms. The summed E-state index contributed by atoms with van der Waals surface area (Å²) >= 11 is 5.28. The number of hydrogen-bond acceptors (Lipinski definition) is 1. The van der Waals surface area contributed by atoms with Crippen molar-refractivity contribution in [3.8, 4) is 0 Å². The summed E-state index contributed by atoms with van der Waals surface area (Å²) in [7, 11) is 0. The molecule has 16 heavy (non-hydrogen) atoms. The van der Waals surface area contributed by atoms with Crippen LogP contribution in [0.4, 0.5) is 5.69 Å². The maximum Gasteiger partial charge on any atom is 0.171 e. The number of anilines is 1. The Morgan fingerprint density at radius 1 is 1.12 bits per heavy atom. The van der Waals surface area contributed by atoms with Crippen LogP contribution in [-0.2, 0) is 0 Å². The van der Waals surface area contributed by atoms with Crippen molar-refractivity contribution < 1.29 is 0 Å². The first kappa shape index (κ1) is 13.0. The van der Waals surface area contributed by atoms with Crippen molar-refractivity contribution in [2.75, 3.05) is 5.32 Å². The second kappa shape index (κ2) is 4.83. The van der Waals surface area contributed by atoms with Gasteiger partial charge in [0.15, 0.2) is 5.11 Å². The lowest BCUT2D eigenvalue weighted by Gasteiger charge is -2.24. The number of hydrogen-bond donors (Lipinski definition) is 2. The third kappa shape index (κ3) is 3.81. The molecule has 1 aromatic rings. The molecule has 1 aromatic carbocycles. The Morgan fingerprint density at radius 3 is 2.06 bits per heavy atom. The maximum atomic E-state index is 5.28. The summed E-state index contributed by atoms with van der Waals surface area (Å²) in [5.74, 6) is 0. The van der Waals surface area contributed by atoms with E-state index >= 15 is 0 Å². The average molecular weight is 236 g/mol. The highest BCUT2D eigenvalue weighted by Crippen LogP contribution is 2.19. The van der Waals surface area contributed by atoms with Crippen LogP contribution >= 0.6 is 12.2 Å². The van der Waals surface area contributed by atoms with Gasteiger partial charge >= 0.3 is 0 Å². The van der Waals surface area contributed by atoms with Gasteiger partial charge in [0.05, 0.1) is 0 Å². The molecular formula is C13H20N2S. The zero-order valence-corrected chi connectivity index (χ0v) is 11.5. The number of aryl methyl sites for hydroxylation is 2. The van der Waals surface area contributed by atoms with Gasteiger partial charge in [-0.05, 0) is 58.0 Å². The summed E-state index contributed by atoms with van der Waals surface area (Å²) in [5, 5.41) is 7.17. The van der Waals surface area contributed by atoms with E-state index in [1.54, 1.807) is 0 Å². The summed E-state index contributed by atoms with van der Waals surface area (Å²) in [5.41, 5.74) is 3.50. The molecule has 0 bridgehead atoms. The maximum absolute atomic E-state index is 5.28. The molecule has 88 valence electrons. The van der Waals surface area contributed by atoms with Crippen molar-refractivity contribution in [2.24, 2.45) is 0 Å². The van der Waals surface area contributed by atoms with Gasteiger partial charge in [-0.15, -0.1) is 0 Å². The van der Waals surface area contributed by atoms with Crippen LogP contribution in [0.3, 0.4) is 0 Å². The number of benzene rings is 1. The van der Waals surface area contributed by atoms with E-state index in [2.05, 4.69) is 63.5 Å². The van der Waals surface area contributed by atoms with Crippen LogP contribution in [0.1, 0.15) is 31.9 Å². The summed E-state index contributed by atoms with van der Waals surface area (Å²) in [6.45, 7) is 10.4. The molecule has 0 atom stereocenters. The predicted molar refractivity (Wildman–Crippen MR) is 75.0 cm³/mol. The molecule has 0 fully saturated rings. The Kier molecular flexibility index (Phi) is 3.92. The first-order valence-electron chi connectivity index (χ1n) is 5.45. The summed E-state index contributed by atoms with van der Waals surface area (Å²) in [6.07, 6.45) is 0. The number of thiocarbonyl (C=S) groups is 1. The fourth-order valence-corrected chi connectivity index (χ4v) is 1.91. The van der Waals surface area contributed by atoms with Crippen molar-refractivity contribution in [3.63, 3.8) is 0 Å². The third-order valence-corrected chi connectivity index (χ3v) is 2.41. The highest BCUT2D eigenvalue weighted by molar-refractivity contribution is 7.80. The van der Waals surface area contributed by atoms with E-state index in [1.165, 1.54) is 11.1 Å². The Hall–Kier alpha value is -1.09. The van der Waals surface area contributed by atoms with Crippen molar-refractivity contribution in [1.29, 1.82) is 0 Å². The molecule has 0 unspecified atom stereocenters. The lowest BCUT2D eigenvalue weighted by Crippen LogP contribution is -2.43. The van der Waals surface area contributed by atoms with Crippen LogP contribution in [0.25, 0.3) is 0 Å². The first-order chi connectivity index (χ1) is 7.29. The predicted octanol–water partition coefficient (Wildman–Crippen LogP) is 3.39. The lowest BCUT2D eigenvalue weighted by molar-refractivity contribution is 0.515. The minimum absolute atomic E-state index is 0.0132. The second-order valence-electron chi connectivity index (χ2n) is 5.10. The molecule has 0 heterocycles. The van der Waals surface area contributed by atoms with Crippen LogP contribution in [0.15, 0.2) is 18.2 Å². The van der Waals surface area contributed by atoms with Crippen LogP contribution < -0.4 is 10.6 Å². The van der Waals surface area contributed by atoms with Gasteiger partial charge < -0.3 is 10.6 Å². The molecule has 0 radical (unpaired) electrons. The van der Waals surface area contributed by atoms with Gasteiger partial charge in [0, 0.05) is 11.2 Å². The van der Waals surface area contributed by atoms with Crippen molar-refractivity contribution in [3.05, 3.63) is 29.3 Å². The fourth-order valence-electron chi connectivity index (χ4n) is 1.50. The molecule has 0 aliphatic carbocycles. The smallest absolute Gasteiger partial charge is 0.171 e. The molecule has 0 saturated carbocycles. The van der Waals surface area contributed by atoms with Gasteiger partial charge in [0.1, 0.15) is 0 Å². The zero-order valence-electron chi connectivity index (χ0n) is 10.6. The Morgan fingerprint density at radius 2 is 1.62 bits per heavy atom. The Balaban J connectivity index is 2.78. The van der Waals surface area contributed by atoms with E-state index in [0.717, 1.165) is 5.69 Å². The molecule has 1 rings (SSSR count). The van der Waals surface area contributed by atoms with Gasteiger partial charge in [0.2, 0.25) is 0 Å². The van der Waals surface area contributed by atoms with E-state index < -0.39 is 0 Å². The standard InChI is InChI=1S/C13H20N2S/c1-9-7-6-8-10(2)11(9)14-12(16)15-13(3,4)5/h6-8H,1-5H3,(H2,14,15,16). The molecule has 0 aliphatic rings. The molecular weight excluding hydrogens is 216 g/mol. The molecule has 0 aliphatic heterocycles. The summed E-state index contributed by atoms with van der Waals surface area (Å²) in [4.78, 5) is 0. The zero-order chi connectivity index (χ0) is 12.3. The van der Waals surface area contributed by atoms with Crippen LogP contribution in [-0.4, -0.2) is 10.7 Å². The van der Waals surface area contributed by atoms with Gasteiger partial charge in [-0.25, -0.2) is 0 Å². The van der Waals surface area contributed by atoms with Gasteiger partial charge in [-0.2, -0.15) is 0 Å². The molecule has 2 nitrogen and oxygen atoms in total. The minimum Gasteiger partial charge on any atom is -0.358 e. The Labute approximate surface area is 103 Å². The highest BCUT2D eigenvalue weighted by atomic mass is 32.1. The summed E-state index contributed by atoms with van der Waals surface area (Å²) in [6, 6.07) is 6.21. The molecule has 0 aromatic heterocycles. The van der Waals surface area contributed by atoms with Crippen molar-refractivity contribution in [1.82, 2.24) is 5.32 Å². The fraction of sp³-hybridized carbons (Fsp3) is 0.462. The monoisotopic (exact) mass is 236 g/mol. The quantitative estimate of drug-likeness (QED) is 0.731. The SMILES string of the molecule is Cc1cccc(C)c1NC(=S)NC(C)(C)C. The second-order valence-corrected chi connectivity index (χ2v) is 5.50. The number of rotatable bonds is 1. The largest absolute Gasteiger partial charge is 0.358 e. The van der Waals surface area contributed by atoms with Gasteiger partial charge in [-0.3, -0.25) is 0 Å². The molecule has 0 spiro atoms. The summed E-state index contributed by atoms with van der Waals surface area (Å²) < 4.78 is 0. The van der Waals surface area contributed by atoms with Crippen LogP contribution in [0.2, 0.25) is 0 Å².